The van der Waals surface area contributed by atoms with Crippen molar-refractivity contribution in [1.29, 1.82) is 0 Å². The Hall–Kier alpha value is -3.05. The van der Waals surface area contributed by atoms with Crippen molar-refractivity contribution in [2.45, 2.75) is 13.5 Å². The summed E-state index contributed by atoms with van der Waals surface area (Å²) in [7, 11) is 1.23. The highest BCUT2D eigenvalue weighted by Crippen LogP contribution is 2.35. The van der Waals surface area contributed by atoms with Gasteiger partial charge in [0.25, 0.3) is 11.1 Å². The number of ether oxygens (including phenoxy) is 3. The average Bonchev–Trinajstić information content (AvgIpc) is 3.33. The highest BCUT2D eigenvalue weighted by atomic mass is 79.9. The van der Waals surface area contributed by atoms with Crippen LogP contribution in [0.5, 0.6) is 5.75 Å². The molecule has 11 heteroatoms. The summed E-state index contributed by atoms with van der Waals surface area (Å²) in [6, 6.07) is 7.94. The van der Waals surface area contributed by atoms with Gasteiger partial charge in [-0.25, -0.2) is 9.59 Å². The van der Waals surface area contributed by atoms with Crippen LogP contribution < -0.4 is 4.74 Å². The van der Waals surface area contributed by atoms with Crippen LogP contribution in [0.1, 0.15) is 28.8 Å². The first-order chi connectivity index (χ1) is 15.3. The van der Waals surface area contributed by atoms with E-state index < -0.39 is 23.1 Å². The van der Waals surface area contributed by atoms with E-state index in [1.54, 1.807) is 31.2 Å². The maximum atomic E-state index is 12.7. The predicted molar refractivity (Wildman–Crippen MR) is 118 cm³/mol. The SMILES string of the molecule is CCOC(=O)COc1ccc(/C=C2/SC(=O)N(Cc3ccc(C(=O)OC)o3)C2=O)cc1Br. The van der Waals surface area contributed by atoms with E-state index in [9.17, 15) is 19.2 Å². The molecule has 1 aliphatic heterocycles. The number of imide groups is 1. The van der Waals surface area contributed by atoms with Crippen LogP contribution in [0.25, 0.3) is 6.08 Å². The van der Waals surface area contributed by atoms with E-state index in [-0.39, 0.29) is 36.2 Å². The molecular formula is C21H18BrNO8S. The molecule has 0 bridgehead atoms. The van der Waals surface area contributed by atoms with Crippen molar-refractivity contribution >= 4 is 56.9 Å². The molecule has 168 valence electrons. The molecule has 2 aromatic rings. The molecular weight excluding hydrogens is 506 g/mol. The van der Waals surface area contributed by atoms with E-state index >= 15 is 0 Å². The molecule has 1 fully saturated rings. The molecule has 2 heterocycles. The number of thioether (sulfide) groups is 1. The number of benzene rings is 1. The second-order valence-electron chi connectivity index (χ2n) is 6.31. The molecule has 32 heavy (non-hydrogen) atoms. The van der Waals surface area contributed by atoms with Gasteiger partial charge >= 0.3 is 11.9 Å². The lowest BCUT2D eigenvalue weighted by Gasteiger charge is -2.10. The van der Waals surface area contributed by atoms with Gasteiger partial charge in [-0.1, -0.05) is 6.07 Å². The molecule has 1 saturated heterocycles. The molecule has 1 aromatic carbocycles. The van der Waals surface area contributed by atoms with E-state index in [0.29, 0.717) is 15.8 Å². The van der Waals surface area contributed by atoms with Crippen LogP contribution in [0.3, 0.4) is 0 Å². The minimum Gasteiger partial charge on any atom is -0.481 e. The number of rotatable bonds is 8. The number of amides is 2. The second kappa shape index (κ2) is 10.5. The van der Waals surface area contributed by atoms with Crippen LogP contribution in [-0.2, 0) is 25.6 Å². The molecule has 0 aliphatic carbocycles. The Bertz CT molecular complexity index is 1090. The summed E-state index contributed by atoms with van der Waals surface area (Å²) in [6.45, 7) is 1.64. The fraction of sp³-hybridized carbons (Fsp3) is 0.238. The maximum Gasteiger partial charge on any atom is 0.373 e. The Morgan fingerprint density at radius 2 is 2.00 bits per heavy atom. The minimum atomic E-state index is -0.648. The Kier molecular flexibility index (Phi) is 7.75. The van der Waals surface area contributed by atoms with Crippen LogP contribution in [0.15, 0.2) is 44.1 Å². The number of hydrogen-bond donors (Lipinski definition) is 0. The Morgan fingerprint density at radius 3 is 2.69 bits per heavy atom. The van der Waals surface area contributed by atoms with E-state index in [2.05, 4.69) is 20.7 Å². The molecule has 0 saturated carbocycles. The third-order valence-corrected chi connectivity index (χ3v) is 5.67. The van der Waals surface area contributed by atoms with E-state index in [1.165, 1.54) is 19.2 Å². The molecule has 0 atom stereocenters. The number of furan rings is 1. The summed E-state index contributed by atoms with van der Waals surface area (Å²) in [5.41, 5.74) is 0.650. The first kappa shape index (κ1) is 23.6. The molecule has 9 nitrogen and oxygen atoms in total. The summed E-state index contributed by atoms with van der Waals surface area (Å²) in [4.78, 5) is 49.2. The number of carbonyl (C=O) groups excluding carboxylic acids is 4. The van der Waals surface area contributed by atoms with Crippen molar-refractivity contribution in [1.82, 2.24) is 4.90 Å². The Morgan fingerprint density at radius 1 is 1.22 bits per heavy atom. The standard InChI is InChI=1S/C21H18BrNO8S/c1-3-29-18(24)11-30-15-6-4-12(8-14(15)22)9-17-19(25)23(21(27)32-17)10-13-5-7-16(31-13)20(26)28-2/h4-9H,3,10-11H2,1-2H3/b17-9+. The van der Waals surface area contributed by atoms with Crippen LogP contribution in [0.2, 0.25) is 0 Å². The lowest BCUT2D eigenvalue weighted by atomic mass is 10.2. The summed E-state index contributed by atoms with van der Waals surface area (Å²) >= 11 is 4.16. The fourth-order valence-electron chi connectivity index (χ4n) is 2.68. The molecule has 2 amide bonds. The zero-order chi connectivity index (χ0) is 23.3. The van der Waals surface area contributed by atoms with E-state index in [4.69, 9.17) is 13.9 Å². The summed E-state index contributed by atoms with van der Waals surface area (Å²) in [5, 5.41) is -0.453. The molecule has 1 aliphatic rings. The highest BCUT2D eigenvalue weighted by Gasteiger charge is 2.35. The van der Waals surface area contributed by atoms with Gasteiger partial charge in [-0.2, -0.15) is 0 Å². The average molecular weight is 524 g/mol. The lowest BCUT2D eigenvalue weighted by Crippen LogP contribution is -2.27. The van der Waals surface area contributed by atoms with Gasteiger partial charge in [0.15, 0.2) is 6.61 Å². The van der Waals surface area contributed by atoms with Crippen molar-refractivity contribution in [2.24, 2.45) is 0 Å². The Labute approximate surface area is 195 Å². The molecule has 0 radical (unpaired) electrons. The zero-order valence-electron chi connectivity index (χ0n) is 17.1. The van der Waals surface area contributed by atoms with Crippen molar-refractivity contribution in [3.63, 3.8) is 0 Å². The summed E-state index contributed by atoms with van der Waals surface area (Å²) in [6.07, 6.45) is 1.58. The van der Waals surface area contributed by atoms with Crippen LogP contribution in [-0.4, -0.2) is 48.3 Å². The van der Waals surface area contributed by atoms with Crippen molar-refractivity contribution in [3.05, 3.63) is 56.8 Å². The number of halogens is 1. The van der Waals surface area contributed by atoms with Gasteiger partial charge in [-0.15, -0.1) is 0 Å². The van der Waals surface area contributed by atoms with Gasteiger partial charge in [0.2, 0.25) is 5.76 Å². The first-order valence-electron chi connectivity index (χ1n) is 9.32. The summed E-state index contributed by atoms with van der Waals surface area (Å²) < 4.78 is 20.7. The number of nitrogens with zero attached hydrogens (tertiary/aromatic N) is 1. The third-order valence-electron chi connectivity index (χ3n) is 4.14. The monoisotopic (exact) mass is 523 g/mol. The lowest BCUT2D eigenvalue weighted by molar-refractivity contribution is -0.145. The van der Waals surface area contributed by atoms with Gasteiger partial charge < -0.3 is 18.6 Å². The Balaban J connectivity index is 1.68. The first-order valence-corrected chi connectivity index (χ1v) is 10.9. The number of methoxy groups -OCH3 is 1. The second-order valence-corrected chi connectivity index (χ2v) is 8.16. The van der Waals surface area contributed by atoms with E-state index in [0.717, 1.165) is 16.7 Å². The molecule has 0 unspecified atom stereocenters. The zero-order valence-corrected chi connectivity index (χ0v) is 19.5. The van der Waals surface area contributed by atoms with Gasteiger partial charge in [-0.05, 0) is 70.5 Å². The van der Waals surface area contributed by atoms with Crippen LogP contribution >= 0.6 is 27.7 Å². The minimum absolute atomic E-state index is 0.0138. The normalized spacial score (nSPS) is 14.7. The van der Waals surface area contributed by atoms with Gasteiger partial charge in [-0.3, -0.25) is 14.5 Å². The largest absolute Gasteiger partial charge is 0.481 e. The topological polar surface area (TPSA) is 112 Å². The number of carbonyl (C=O) groups is 4. The van der Waals surface area contributed by atoms with Crippen LogP contribution in [0.4, 0.5) is 4.79 Å². The van der Waals surface area contributed by atoms with Crippen molar-refractivity contribution < 1.29 is 37.8 Å². The molecule has 0 N–H and O–H groups in total. The summed E-state index contributed by atoms with van der Waals surface area (Å²) in [5.74, 6) is -0.907. The quantitative estimate of drug-likeness (QED) is 0.374. The van der Waals surface area contributed by atoms with Crippen molar-refractivity contribution in [3.8, 4) is 5.75 Å². The molecule has 3 rings (SSSR count). The van der Waals surface area contributed by atoms with Gasteiger partial charge in [0.05, 0.1) is 29.6 Å². The predicted octanol–water partition coefficient (Wildman–Crippen LogP) is 4.01. The van der Waals surface area contributed by atoms with Crippen LogP contribution in [0, 0.1) is 0 Å². The number of esters is 2. The molecule has 0 spiro atoms. The van der Waals surface area contributed by atoms with Gasteiger partial charge in [0, 0.05) is 0 Å². The van der Waals surface area contributed by atoms with E-state index in [1.807, 2.05) is 0 Å². The van der Waals surface area contributed by atoms with Crippen molar-refractivity contribution in [2.75, 3.05) is 20.3 Å². The fourth-order valence-corrected chi connectivity index (χ4v) is 4.03. The third kappa shape index (κ3) is 5.60. The smallest absolute Gasteiger partial charge is 0.373 e. The maximum absolute atomic E-state index is 12.7. The highest BCUT2D eigenvalue weighted by molar-refractivity contribution is 9.10. The molecule has 1 aromatic heterocycles. The van der Waals surface area contributed by atoms with Gasteiger partial charge in [0.1, 0.15) is 11.5 Å². The number of hydrogen-bond acceptors (Lipinski definition) is 9.